The van der Waals surface area contributed by atoms with Gasteiger partial charge in [0.05, 0.1) is 24.2 Å². The molecule has 1 aromatic carbocycles. The van der Waals surface area contributed by atoms with Crippen LogP contribution in [0, 0.1) is 0 Å². The summed E-state index contributed by atoms with van der Waals surface area (Å²) < 4.78 is 7.31. The van der Waals surface area contributed by atoms with Crippen molar-refractivity contribution in [3.63, 3.8) is 0 Å². The number of Topliss-reactive ketones (excluding diaryl/α,β-unsaturated/α-hetero) is 1. The van der Waals surface area contributed by atoms with Crippen LogP contribution in [0.25, 0.3) is 10.9 Å². The van der Waals surface area contributed by atoms with Gasteiger partial charge in [0, 0.05) is 25.0 Å². The van der Waals surface area contributed by atoms with E-state index in [-0.39, 0.29) is 5.78 Å². The smallest absolute Gasteiger partial charge is 0.141 e. The van der Waals surface area contributed by atoms with Gasteiger partial charge in [0.25, 0.3) is 0 Å². The molecule has 1 heterocycles. The average Bonchev–Trinajstić information content (AvgIpc) is 2.82. The number of nitrogens with zero attached hydrogens (tertiary/aromatic N) is 2. The first-order valence-corrected chi connectivity index (χ1v) is 7.30. The normalized spacial score (nSPS) is 11.1. The molecule has 0 fully saturated rings. The van der Waals surface area contributed by atoms with E-state index in [1.54, 1.807) is 0 Å². The summed E-state index contributed by atoms with van der Waals surface area (Å²) in [6.45, 7) is 6.17. The van der Waals surface area contributed by atoms with Crippen molar-refractivity contribution in [2.45, 2.75) is 39.7 Å². The van der Waals surface area contributed by atoms with Crippen molar-refractivity contribution in [3.8, 4) is 0 Å². The predicted molar refractivity (Wildman–Crippen MR) is 79.8 cm³/mol. The summed E-state index contributed by atoms with van der Waals surface area (Å²) in [7, 11) is 0. The topological polar surface area (TPSA) is 44.1 Å². The average molecular weight is 274 g/mol. The van der Waals surface area contributed by atoms with Crippen LogP contribution in [0.2, 0.25) is 0 Å². The van der Waals surface area contributed by atoms with Gasteiger partial charge in [-0.2, -0.15) is 5.10 Å². The highest BCUT2D eigenvalue weighted by atomic mass is 16.5. The molecule has 0 radical (unpaired) electrons. The van der Waals surface area contributed by atoms with E-state index in [0.29, 0.717) is 19.4 Å². The zero-order valence-electron chi connectivity index (χ0n) is 12.3. The summed E-state index contributed by atoms with van der Waals surface area (Å²) in [5.74, 6) is 0.188. The third kappa shape index (κ3) is 3.45. The fraction of sp³-hybridized carbons (Fsp3) is 0.500. The highest BCUT2D eigenvalue weighted by molar-refractivity contribution is 5.88. The molecule has 0 aliphatic rings. The number of aryl methyl sites for hydroxylation is 1. The van der Waals surface area contributed by atoms with Crippen LogP contribution in [0.15, 0.2) is 24.3 Å². The fourth-order valence-corrected chi connectivity index (χ4v) is 2.28. The lowest BCUT2D eigenvalue weighted by Crippen LogP contribution is -2.08. The van der Waals surface area contributed by atoms with E-state index in [1.807, 2.05) is 28.9 Å². The van der Waals surface area contributed by atoms with Gasteiger partial charge in [-0.15, -0.1) is 0 Å². The number of para-hydroxylation sites is 1. The minimum Gasteiger partial charge on any atom is -0.381 e. The molecule has 0 saturated carbocycles. The van der Waals surface area contributed by atoms with Gasteiger partial charge in [0.1, 0.15) is 5.78 Å². The summed E-state index contributed by atoms with van der Waals surface area (Å²) in [5, 5.41) is 5.63. The summed E-state index contributed by atoms with van der Waals surface area (Å²) in [6, 6.07) is 8.07. The molecule has 0 unspecified atom stereocenters. The largest absolute Gasteiger partial charge is 0.381 e. The number of carbonyl (C=O) groups excluding carboxylic acids is 1. The molecule has 2 rings (SSSR count). The molecule has 0 atom stereocenters. The SMILES string of the molecule is CCCOCCC(=O)Cc1nn(CC)c2ccccc12. The Morgan fingerprint density at radius 2 is 2.05 bits per heavy atom. The highest BCUT2D eigenvalue weighted by Gasteiger charge is 2.12. The first-order chi connectivity index (χ1) is 9.76. The molecule has 0 spiro atoms. The molecule has 0 amide bonds. The van der Waals surface area contributed by atoms with Crippen molar-refractivity contribution >= 4 is 16.7 Å². The molecule has 0 saturated heterocycles. The van der Waals surface area contributed by atoms with E-state index in [0.717, 1.165) is 36.2 Å². The van der Waals surface area contributed by atoms with E-state index >= 15 is 0 Å². The van der Waals surface area contributed by atoms with Gasteiger partial charge in [-0.05, 0) is 19.4 Å². The minimum atomic E-state index is 0.188. The number of benzene rings is 1. The van der Waals surface area contributed by atoms with Crippen molar-refractivity contribution in [1.82, 2.24) is 9.78 Å². The Labute approximate surface area is 119 Å². The molecule has 2 aromatic rings. The van der Waals surface area contributed by atoms with Crippen LogP contribution in [0.5, 0.6) is 0 Å². The van der Waals surface area contributed by atoms with Crippen LogP contribution in [0.4, 0.5) is 0 Å². The second-order valence-electron chi connectivity index (χ2n) is 4.86. The van der Waals surface area contributed by atoms with E-state index in [1.165, 1.54) is 0 Å². The Morgan fingerprint density at radius 1 is 1.25 bits per heavy atom. The Morgan fingerprint density at radius 3 is 2.80 bits per heavy atom. The summed E-state index contributed by atoms with van der Waals surface area (Å²) in [6.07, 6.45) is 1.84. The summed E-state index contributed by atoms with van der Waals surface area (Å²) in [4.78, 5) is 12.0. The van der Waals surface area contributed by atoms with Crippen molar-refractivity contribution in [1.29, 1.82) is 0 Å². The van der Waals surface area contributed by atoms with Gasteiger partial charge in [-0.1, -0.05) is 25.1 Å². The lowest BCUT2D eigenvalue weighted by Gasteiger charge is -2.01. The number of hydrogen-bond acceptors (Lipinski definition) is 3. The molecule has 0 bridgehead atoms. The molecular formula is C16H22N2O2. The first-order valence-electron chi connectivity index (χ1n) is 7.30. The van der Waals surface area contributed by atoms with Gasteiger partial charge >= 0.3 is 0 Å². The third-order valence-corrected chi connectivity index (χ3v) is 3.27. The first kappa shape index (κ1) is 14.7. The zero-order valence-corrected chi connectivity index (χ0v) is 12.3. The van der Waals surface area contributed by atoms with Gasteiger partial charge < -0.3 is 4.74 Å². The Bertz CT molecular complexity index is 575. The maximum absolute atomic E-state index is 12.0. The lowest BCUT2D eigenvalue weighted by atomic mass is 10.1. The van der Waals surface area contributed by atoms with Crippen LogP contribution in [0.1, 0.15) is 32.4 Å². The van der Waals surface area contributed by atoms with E-state index in [2.05, 4.69) is 18.9 Å². The molecule has 0 N–H and O–H groups in total. The van der Waals surface area contributed by atoms with E-state index in [4.69, 9.17) is 4.74 Å². The maximum atomic E-state index is 12.0. The Balaban J connectivity index is 2.04. The number of aromatic nitrogens is 2. The van der Waals surface area contributed by atoms with E-state index in [9.17, 15) is 4.79 Å². The molecule has 108 valence electrons. The number of carbonyl (C=O) groups is 1. The Kier molecular flexibility index (Phi) is 5.30. The molecule has 20 heavy (non-hydrogen) atoms. The molecule has 4 heteroatoms. The van der Waals surface area contributed by atoms with Gasteiger partial charge in [0.15, 0.2) is 0 Å². The zero-order chi connectivity index (χ0) is 14.4. The summed E-state index contributed by atoms with van der Waals surface area (Å²) >= 11 is 0. The molecule has 0 aliphatic carbocycles. The second-order valence-corrected chi connectivity index (χ2v) is 4.86. The molecule has 4 nitrogen and oxygen atoms in total. The Hall–Kier alpha value is -1.68. The molecular weight excluding hydrogens is 252 g/mol. The van der Waals surface area contributed by atoms with Crippen molar-refractivity contribution < 1.29 is 9.53 Å². The number of hydrogen-bond donors (Lipinski definition) is 0. The van der Waals surface area contributed by atoms with Crippen molar-refractivity contribution in [3.05, 3.63) is 30.0 Å². The molecule has 0 aliphatic heterocycles. The van der Waals surface area contributed by atoms with Crippen LogP contribution in [-0.4, -0.2) is 28.8 Å². The fourth-order valence-electron chi connectivity index (χ4n) is 2.28. The summed E-state index contributed by atoms with van der Waals surface area (Å²) in [5.41, 5.74) is 1.97. The number of rotatable bonds is 8. The van der Waals surface area contributed by atoms with Crippen LogP contribution in [0.3, 0.4) is 0 Å². The van der Waals surface area contributed by atoms with Gasteiger partial charge in [-0.3, -0.25) is 9.48 Å². The quantitative estimate of drug-likeness (QED) is 0.695. The standard InChI is InChI=1S/C16H22N2O2/c1-3-10-20-11-9-13(19)12-15-14-7-5-6-8-16(14)18(4-2)17-15/h5-8H,3-4,9-12H2,1-2H3. The van der Waals surface area contributed by atoms with Gasteiger partial charge in [-0.25, -0.2) is 0 Å². The van der Waals surface area contributed by atoms with Crippen molar-refractivity contribution in [2.75, 3.05) is 13.2 Å². The number of fused-ring (bicyclic) bond motifs is 1. The number of ketones is 1. The monoisotopic (exact) mass is 274 g/mol. The predicted octanol–water partition coefficient (Wildman–Crippen LogP) is 2.98. The highest BCUT2D eigenvalue weighted by Crippen LogP contribution is 2.19. The number of ether oxygens (including phenoxy) is 1. The van der Waals surface area contributed by atoms with Crippen LogP contribution < -0.4 is 0 Å². The van der Waals surface area contributed by atoms with Gasteiger partial charge in [0.2, 0.25) is 0 Å². The minimum absolute atomic E-state index is 0.188. The van der Waals surface area contributed by atoms with Crippen LogP contribution in [-0.2, 0) is 22.5 Å². The second kappa shape index (κ2) is 7.20. The lowest BCUT2D eigenvalue weighted by molar-refractivity contribution is -0.119. The van der Waals surface area contributed by atoms with E-state index < -0.39 is 0 Å². The van der Waals surface area contributed by atoms with Crippen LogP contribution >= 0.6 is 0 Å². The molecule has 1 aromatic heterocycles. The van der Waals surface area contributed by atoms with Crippen molar-refractivity contribution in [2.24, 2.45) is 0 Å². The third-order valence-electron chi connectivity index (χ3n) is 3.27. The maximum Gasteiger partial charge on any atom is 0.141 e.